The Morgan fingerprint density at radius 1 is 1.29 bits per heavy atom. The van der Waals surface area contributed by atoms with E-state index in [9.17, 15) is 13.2 Å². The number of halogens is 1. The van der Waals surface area contributed by atoms with E-state index in [1.165, 1.54) is 18.3 Å². The lowest BCUT2D eigenvalue weighted by atomic mass is 10.2. The fourth-order valence-electron chi connectivity index (χ4n) is 1.62. The Labute approximate surface area is 130 Å². The van der Waals surface area contributed by atoms with Crippen LogP contribution in [0.1, 0.15) is 16.1 Å². The molecule has 1 aromatic heterocycles. The van der Waals surface area contributed by atoms with Crippen LogP contribution in [0.4, 0.5) is 0 Å². The number of nitrogens with zero attached hydrogens (tertiary/aromatic N) is 1. The molecule has 0 fully saturated rings. The average molecular weight is 370 g/mol. The van der Waals surface area contributed by atoms with Crippen molar-refractivity contribution in [2.45, 2.75) is 11.4 Å². The summed E-state index contributed by atoms with van der Waals surface area (Å²) in [6, 6.07) is 9.38. The minimum absolute atomic E-state index is 0.0102. The Bertz CT molecular complexity index is 760. The zero-order valence-electron chi connectivity index (χ0n) is 10.8. The summed E-state index contributed by atoms with van der Waals surface area (Å²) in [7, 11) is -3.75. The summed E-state index contributed by atoms with van der Waals surface area (Å²) in [5, 5.41) is 7.72. The molecule has 0 spiro atoms. The second kappa shape index (κ2) is 6.33. The predicted octanol–water partition coefficient (Wildman–Crippen LogP) is 1.42. The van der Waals surface area contributed by atoms with Crippen LogP contribution in [-0.4, -0.2) is 19.3 Å². The van der Waals surface area contributed by atoms with E-state index in [1.54, 1.807) is 24.3 Å². The highest BCUT2D eigenvalue weighted by Gasteiger charge is 2.10. The fraction of sp³-hybridized carbons (Fsp3) is 0.0769. The molecule has 0 unspecified atom stereocenters. The zero-order valence-corrected chi connectivity index (χ0v) is 13.2. The molecule has 0 saturated heterocycles. The molecule has 0 atom stereocenters. The van der Waals surface area contributed by atoms with Crippen LogP contribution in [0.2, 0.25) is 0 Å². The van der Waals surface area contributed by atoms with Crippen molar-refractivity contribution >= 4 is 31.9 Å². The van der Waals surface area contributed by atoms with Crippen molar-refractivity contribution < 1.29 is 13.2 Å². The summed E-state index contributed by atoms with van der Waals surface area (Å²) in [5.41, 5.74) is 0.910. The first kappa shape index (κ1) is 15.6. The molecule has 0 aliphatic rings. The number of pyridine rings is 1. The third kappa shape index (κ3) is 4.35. The number of carbonyl (C=O) groups is 1. The first-order valence-electron chi connectivity index (χ1n) is 5.88. The molecule has 0 saturated carbocycles. The van der Waals surface area contributed by atoms with Crippen LogP contribution in [0.3, 0.4) is 0 Å². The van der Waals surface area contributed by atoms with E-state index in [-0.39, 0.29) is 23.0 Å². The second-order valence-electron chi connectivity index (χ2n) is 4.24. The molecular formula is C13H12BrN3O3S. The topological polar surface area (TPSA) is 102 Å². The summed E-state index contributed by atoms with van der Waals surface area (Å²) >= 11 is 3.23. The summed E-state index contributed by atoms with van der Waals surface area (Å²) in [6.45, 7) is 0.180. The molecule has 1 heterocycles. The lowest BCUT2D eigenvalue weighted by molar-refractivity contribution is 0.0946. The highest BCUT2D eigenvalue weighted by atomic mass is 79.9. The van der Waals surface area contributed by atoms with Crippen molar-refractivity contribution in [2.24, 2.45) is 5.14 Å². The maximum absolute atomic E-state index is 11.9. The van der Waals surface area contributed by atoms with E-state index >= 15 is 0 Å². The summed E-state index contributed by atoms with van der Waals surface area (Å²) in [6.07, 6.45) is 1.52. The van der Waals surface area contributed by atoms with Crippen molar-refractivity contribution in [3.05, 3.63) is 58.3 Å². The molecule has 0 radical (unpaired) electrons. The average Bonchev–Trinajstić information content (AvgIpc) is 2.45. The van der Waals surface area contributed by atoms with Gasteiger partial charge in [0.25, 0.3) is 5.91 Å². The van der Waals surface area contributed by atoms with Gasteiger partial charge in [0, 0.05) is 17.2 Å². The number of nitrogens with one attached hydrogen (secondary N) is 1. The van der Waals surface area contributed by atoms with Gasteiger partial charge in [0.15, 0.2) is 0 Å². The fourth-order valence-corrected chi connectivity index (χ4v) is 2.43. The first-order valence-corrected chi connectivity index (χ1v) is 8.22. The lowest BCUT2D eigenvalue weighted by Crippen LogP contribution is -2.24. The number of nitrogens with two attached hydrogens (primary N) is 1. The van der Waals surface area contributed by atoms with Crippen molar-refractivity contribution in [1.29, 1.82) is 0 Å². The zero-order chi connectivity index (χ0) is 15.5. The van der Waals surface area contributed by atoms with Crippen LogP contribution in [0.5, 0.6) is 0 Å². The lowest BCUT2D eigenvalue weighted by Gasteiger charge is -2.06. The first-order chi connectivity index (χ1) is 9.86. The molecule has 0 aliphatic heterocycles. The van der Waals surface area contributed by atoms with Crippen LogP contribution in [0.15, 0.2) is 52.0 Å². The normalized spacial score (nSPS) is 11.1. The summed E-state index contributed by atoms with van der Waals surface area (Å²) < 4.78 is 23.3. The van der Waals surface area contributed by atoms with Gasteiger partial charge in [0.1, 0.15) is 5.69 Å². The number of amides is 1. The SMILES string of the molecule is NS(=O)(=O)c1cccc(CNC(=O)c2ccc(Br)cn2)c1. The van der Waals surface area contributed by atoms with E-state index in [0.717, 1.165) is 4.47 Å². The van der Waals surface area contributed by atoms with Crippen LogP contribution in [-0.2, 0) is 16.6 Å². The van der Waals surface area contributed by atoms with Gasteiger partial charge >= 0.3 is 0 Å². The Hall–Kier alpha value is -1.77. The van der Waals surface area contributed by atoms with Gasteiger partial charge in [-0.05, 0) is 45.8 Å². The standard InChI is InChI=1S/C13H12BrN3O3S/c14-10-4-5-12(16-8-10)13(18)17-7-9-2-1-3-11(6-9)21(15,19)20/h1-6,8H,7H2,(H,17,18)(H2,15,19,20). The Balaban J connectivity index is 2.06. The molecular weight excluding hydrogens is 358 g/mol. The third-order valence-corrected chi connectivity index (χ3v) is 4.02. The highest BCUT2D eigenvalue weighted by Crippen LogP contribution is 2.10. The smallest absolute Gasteiger partial charge is 0.270 e. The van der Waals surface area contributed by atoms with Crippen LogP contribution in [0, 0.1) is 0 Å². The molecule has 1 amide bonds. The number of primary sulfonamides is 1. The number of rotatable bonds is 4. The van der Waals surface area contributed by atoms with E-state index in [0.29, 0.717) is 5.56 Å². The van der Waals surface area contributed by atoms with Crippen molar-refractivity contribution in [1.82, 2.24) is 10.3 Å². The molecule has 8 heteroatoms. The Morgan fingerprint density at radius 2 is 2.05 bits per heavy atom. The van der Waals surface area contributed by atoms with E-state index in [1.807, 2.05) is 0 Å². The van der Waals surface area contributed by atoms with Crippen LogP contribution >= 0.6 is 15.9 Å². The largest absolute Gasteiger partial charge is 0.347 e. The van der Waals surface area contributed by atoms with Crippen molar-refractivity contribution in [3.63, 3.8) is 0 Å². The number of sulfonamides is 1. The monoisotopic (exact) mass is 369 g/mol. The Morgan fingerprint density at radius 3 is 2.67 bits per heavy atom. The number of carbonyl (C=O) groups excluding carboxylic acids is 1. The van der Waals surface area contributed by atoms with Gasteiger partial charge < -0.3 is 5.32 Å². The molecule has 0 bridgehead atoms. The minimum atomic E-state index is -3.75. The molecule has 6 nitrogen and oxygen atoms in total. The quantitative estimate of drug-likeness (QED) is 0.850. The minimum Gasteiger partial charge on any atom is -0.347 e. The maximum Gasteiger partial charge on any atom is 0.270 e. The van der Waals surface area contributed by atoms with E-state index in [4.69, 9.17) is 5.14 Å². The molecule has 2 aromatic rings. The summed E-state index contributed by atoms with van der Waals surface area (Å²) in [4.78, 5) is 15.9. The van der Waals surface area contributed by atoms with Crippen LogP contribution < -0.4 is 10.5 Å². The van der Waals surface area contributed by atoms with Gasteiger partial charge in [-0.2, -0.15) is 0 Å². The van der Waals surface area contributed by atoms with Gasteiger partial charge in [0.05, 0.1) is 4.90 Å². The number of hydrogen-bond donors (Lipinski definition) is 2. The molecule has 2 rings (SSSR count). The third-order valence-electron chi connectivity index (χ3n) is 2.64. The number of benzene rings is 1. The van der Waals surface area contributed by atoms with E-state index in [2.05, 4.69) is 26.2 Å². The van der Waals surface area contributed by atoms with Crippen molar-refractivity contribution in [3.8, 4) is 0 Å². The van der Waals surface area contributed by atoms with Gasteiger partial charge in [-0.3, -0.25) is 4.79 Å². The number of aromatic nitrogens is 1. The molecule has 3 N–H and O–H groups in total. The molecule has 1 aromatic carbocycles. The maximum atomic E-state index is 11.9. The molecule has 0 aliphatic carbocycles. The molecule has 21 heavy (non-hydrogen) atoms. The second-order valence-corrected chi connectivity index (χ2v) is 6.71. The summed E-state index contributed by atoms with van der Waals surface area (Å²) in [5.74, 6) is -0.344. The van der Waals surface area contributed by atoms with Gasteiger partial charge in [-0.1, -0.05) is 12.1 Å². The Kier molecular flexibility index (Phi) is 4.71. The number of hydrogen-bond acceptors (Lipinski definition) is 4. The van der Waals surface area contributed by atoms with Gasteiger partial charge in [0.2, 0.25) is 10.0 Å². The van der Waals surface area contributed by atoms with Crippen LogP contribution in [0.25, 0.3) is 0 Å². The van der Waals surface area contributed by atoms with Gasteiger partial charge in [-0.25, -0.2) is 18.5 Å². The van der Waals surface area contributed by atoms with Gasteiger partial charge in [-0.15, -0.1) is 0 Å². The van der Waals surface area contributed by atoms with E-state index < -0.39 is 10.0 Å². The highest BCUT2D eigenvalue weighted by molar-refractivity contribution is 9.10. The van der Waals surface area contributed by atoms with Crippen molar-refractivity contribution in [2.75, 3.05) is 0 Å². The molecule has 110 valence electrons. The predicted molar refractivity (Wildman–Crippen MR) is 80.9 cm³/mol.